The molecular weight excluding hydrogens is 326 g/mol. The minimum absolute atomic E-state index is 0. The van der Waals surface area contributed by atoms with Crippen LogP contribution in [0.4, 0.5) is 5.69 Å². The molecule has 1 aliphatic rings. The lowest BCUT2D eigenvalue weighted by Gasteiger charge is -2.33. The van der Waals surface area contributed by atoms with E-state index in [0.29, 0.717) is 18.2 Å². The van der Waals surface area contributed by atoms with Gasteiger partial charge in [-0.1, -0.05) is 6.92 Å². The zero-order valence-corrected chi connectivity index (χ0v) is 15.5. The van der Waals surface area contributed by atoms with Gasteiger partial charge < -0.3 is 16.0 Å². The molecule has 2 unspecified atom stereocenters. The van der Waals surface area contributed by atoms with E-state index in [4.69, 9.17) is 5.73 Å². The predicted molar refractivity (Wildman–Crippen MR) is 99.6 cm³/mol. The van der Waals surface area contributed by atoms with Crippen LogP contribution in [-0.4, -0.2) is 35.8 Å². The molecule has 1 heterocycles. The number of benzene rings is 1. The predicted octanol–water partition coefficient (Wildman–Crippen LogP) is 2.96. The van der Waals surface area contributed by atoms with Gasteiger partial charge in [0.15, 0.2) is 0 Å². The number of hydrogen-bond donors (Lipinski definition) is 2. The quantitative estimate of drug-likeness (QED) is 0.873. The molecule has 0 bridgehead atoms. The smallest absolute Gasteiger partial charge is 0.254 e. The Morgan fingerprint density at radius 1 is 1.38 bits per heavy atom. The number of amides is 2. The van der Waals surface area contributed by atoms with E-state index in [-0.39, 0.29) is 30.1 Å². The number of halogens is 1. The SMILES string of the molecule is Cc1cc(C(=O)N2CCCCC2C)ccc1NC(=O)C(C)CN.Cl. The molecule has 1 saturated heterocycles. The molecule has 0 aromatic heterocycles. The summed E-state index contributed by atoms with van der Waals surface area (Å²) in [6, 6.07) is 5.74. The number of nitrogens with two attached hydrogens (primary N) is 1. The molecule has 6 heteroatoms. The molecule has 0 spiro atoms. The minimum atomic E-state index is -0.232. The van der Waals surface area contributed by atoms with Crippen molar-refractivity contribution in [3.05, 3.63) is 29.3 Å². The van der Waals surface area contributed by atoms with E-state index in [0.717, 1.165) is 30.6 Å². The summed E-state index contributed by atoms with van der Waals surface area (Å²) in [5, 5.41) is 2.87. The van der Waals surface area contributed by atoms with Crippen molar-refractivity contribution in [3.8, 4) is 0 Å². The van der Waals surface area contributed by atoms with Crippen LogP contribution in [0.25, 0.3) is 0 Å². The number of hydrogen-bond acceptors (Lipinski definition) is 3. The standard InChI is InChI=1S/C18H27N3O2.ClH/c1-12-10-15(18(23)21-9-5-4-6-14(21)3)7-8-16(12)20-17(22)13(2)11-19;/h7-8,10,13-14H,4-6,9,11,19H2,1-3H3,(H,20,22);1H. The lowest BCUT2D eigenvalue weighted by Crippen LogP contribution is -2.42. The van der Waals surface area contributed by atoms with E-state index in [2.05, 4.69) is 12.2 Å². The first-order valence-electron chi connectivity index (χ1n) is 8.36. The van der Waals surface area contributed by atoms with Gasteiger partial charge in [-0.05, 0) is 56.9 Å². The summed E-state index contributed by atoms with van der Waals surface area (Å²) in [5.74, 6) is -0.252. The first kappa shape index (κ1) is 20.5. The topological polar surface area (TPSA) is 75.4 Å². The molecule has 3 N–H and O–H groups in total. The number of nitrogens with one attached hydrogen (secondary N) is 1. The Hall–Kier alpha value is -1.59. The van der Waals surface area contributed by atoms with Crippen molar-refractivity contribution < 1.29 is 9.59 Å². The van der Waals surface area contributed by atoms with Gasteiger partial charge in [0.2, 0.25) is 5.91 Å². The highest BCUT2D eigenvalue weighted by Gasteiger charge is 2.24. The zero-order valence-electron chi connectivity index (χ0n) is 14.7. The van der Waals surface area contributed by atoms with E-state index in [1.165, 1.54) is 6.42 Å². The first-order valence-corrected chi connectivity index (χ1v) is 8.36. The van der Waals surface area contributed by atoms with Crippen molar-refractivity contribution in [2.45, 2.75) is 46.1 Å². The number of anilines is 1. The molecule has 0 aliphatic carbocycles. The summed E-state index contributed by atoms with van der Waals surface area (Å²) in [7, 11) is 0. The number of rotatable bonds is 4. The Morgan fingerprint density at radius 2 is 2.08 bits per heavy atom. The molecule has 0 saturated carbocycles. The van der Waals surface area contributed by atoms with Crippen LogP contribution in [0.3, 0.4) is 0 Å². The van der Waals surface area contributed by atoms with Gasteiger partial charge in [0, 0.05) is 36.3 Å². The molecule has 1 aliphatic heterocycles. The van der Waals surface area contributed by atoms with E-state index in [1.807, 2.05) is 17.9 Å². The van der Waals surface area contributed by atoms with Crippen LogP contribution < -0.4 is 11.1 Å². The molecular formula is C18H28ClN3O2. The molecule has 0 radical (unpaired) electrons. The van der Waals surface area contributed by atoms with Crippen LogP contribution in [-0.2, 0) is 4.79 Å². The fourth-order valence-electron chi connectivity index (χ4n) is 2.87. The monoisotopic (exact) mass is 353 g/mol. The van der Waals surface area contributed by atoms with Gasteiger partial charge in [-0.2, -0.15) is 0 Å². The highest BCUT2D eigenvalue weighted by molar-refractivity contribution is 5.97. The van der Waals surface area contributed by atoms with Gasteiger partial charge in [-0.25, -0.2) is 0 Å². The average molecular weight is 354 g/mol. The maximum atomic E-state index is 12.7. The lowest BCUT2D eigenvalue weighted by atomic mass is 10.0. The highest BCUT2D eigenvalue weighted by atomic mass is 35.5. The molecule has 1 aromatic carbocycles. The van der Waals surface area contributed by atoms with E-state index in [9.17, 15) is 9.59 Å². The number of carbonyl (C=O) groups is 2. The molecule has 1 fully saturated rings. The Labute approximate surface area is 150 Å². The zero-order chi connectivity index (χ0) is 17.0. The lowest BCUT2D eigenvalue weighted by molar-refractivity contribution is -0.119. The third-order valence-corrected chi connectivity index (χ3v) is 4.60. The molecule has 1 aromatic rings. The summed E-state index contributed by atoms with van der Waals surface area (Å²) in [4.78, 5) is 26.6. The van der Waals surface area contributed by atoms with Crippen LogP contribution in [0.2, 0.25) is 0 Å². The van der Waals surface area contributed by atoms with E-state index < -0.39 is 0 Å². The van der Waals surface area contributed by atoms with Crippen LogP contribution >= 0.6 is 12.4 Å². The summed E-state index contributed by atoms with van der Waals surface area (Å²) in [6.45, 7) is 6.94. The van der Waals surface area contributed by atoms with Crippen LogP contribution in [0.5, 0.6) is 0 Å². The first-order chi connectivity index (χ1) is 10.9. The molecule has 2 amide bonds. The minimum Gasteiger partial charge on any atom is -0.336 e. The van der Waals surface area contributed by atoms with Crippen molar-refractivity contribution in [2.75, 3.05) is 18.4 Å². The van der Waals surface area contributed by atoms with Crippen molar-refractivity contribution in [1.82, 2.24) is 4.90 Å². The highest BCUT2D eigenvalue weighted by Crippen LogP contribution is 2.22. The summed E-state index contributed by atoms with van der Waals surface area (Å²) < 4.78 is 0. The Morgan fingerprint density at radius 3 is 2.67 bits per heavy atom. The molecule has 5 nitrogen and oxygen atoms in total. The van der Waals surface area contributed by atoms with Crippen molar-refractivity contribution in [3.63, 3.8) is 0 Å². The molecule has 24 heavy (non-hydrogen) atoms. The second kappa shape index (κ2) is 9.04. The molecule has 2 rings (SSSR count). The Balaban J connectivity index is 0.00000288. The van der Waals surface area contributed by atoms with E-state index >= 15 is 0 Å². The molecule has 2 atom stereocenters. The normalized spacial score (nSPS) is 18.5. The maximum Gasteiger partial charge on any atom is 0.254 e. The third-order valence-electron chi connectivity index (χ3n) is 4.60. The van der Waals surface area contributed by atoms with Gasteiger partial charge in [0.05, 0.1) is 0 Å². The van der Waals surface area contributed by atoms with Gasteiger partial charge >= 0.3 is 0 Å². The third kappa shape index (κ3) is 4.71. The van der Waals surface area contributed by atoms with Crippen LogP contribution in [0.15, 0.2) is 18.2 Å². The average Bonchev–Trinajstić information content (AvgIpc) is 2.55. The number of piperidine rings is 1. The molecule has 134 valence electrons. The largest absolute Gasteiger partial charge is 0.336 e. The second-order valence-electron chi connectivity index (χ2n) is 6.50. The van der Waals surface area contributed by atoms with Crippen LogP contribution in [0.1, 0.15) is 49.0 Å². The van der Waals surface area contributed by atoms with E-state index in [1.54, 1.807) is 19.1 Å². The second-order valence-corrected chi connectivity index (χ2v) is 6.50. The summed E-state index contributed by atoms with van der Waals surface area (Å²) in [6.07, 6.45) is 3.32. The fraction of sp³-hybridized carbons (Fsp3) is 0.556. The van der Waals surface area contributed by atoms with Gasteiger partial charge in [0.1, 0.15) is 0 Å². The number of likely N-dealkylation sites (tertiary alicyclic amines) is 1. The summed E-state index contributed by atoms with van der Waals surface area (Å²) in [5.41, 5.74) is 7.82. The Bertz CT molecular complexity index is 592. The van der Waals surface area contributed by atoms with Crippen LogP contribution in [0, 0.1) is 12.8 Å². The number of carbonyl (C=O) groups excluding carboxylic acids is 2. The fourth-order valence-corrected chi connectivity index (χ4v) is 2.87. The van der Waals surface area contributed by atoms with Gasteiger partial charge in [-0.15, -0.1) is 12.4 Å². The number of aryl methyl sites for hydroxylation is 1. The Kier molecular flexibility index (Phi) is 7.70. The summed E-state index contributed by atoms with van der Waals surface area (Å²) >= 11 is 0. The van der Waals surface area contributed by atoms with Crippen molar-refractivity contribution >= 4 is 29.9 Å². The van der Waals surface area contributed by atoms with Gasteiger partial charge in [0.25, 0.3) is 5.91 Å². The number of nitrogens with zero attached hydrogens (tertiary/aromatic N) is 1. The van der Waals surface area contributed by atoms with Crippen molar-refractivity contribution in [2.24, 2.45) is 11.7 Å². The maximum absolute atomic E-state index is 12.7. The van der Waals surface area contributed by atoms with Crippen molar-refractivity contribution in [1.29, 1.82) is 0 Å². The van der Waals surface area contributed by atoms with Gasteiger partial charge in [-0.3, -0.25) is 9.59 Å².